The summed E-state index contributed by atoms with van der Waals surface area (Å²) >= 11 is 0. The van der Waals surface area contributed by atoms with E-state index in [4.69, 9.17) is 0 Å². The fourth-order valence-corrected chi connectivity index (χ4v) is 6.71. The third-order valence-electron chi connectivity index (χ3n) is 7.79. The van der Waals surface area contributed by atoms with E-state index in [0.29, 0.717) is 18.3 Å². The van der Waals surface area contributed by atoms with Gasteiger partial charge in [0, 0.05) is 0 Å². The smallest absolute Gasteiger partial charge is 0.374 e. The van der Waals surface area contributed by atoms with Crippen LogP contribution in [0.4, 0.5) is 26.3 Å². The molecular weight excluding hydrogens is 310 g/mol. The van der Waals surface area contributed by atoms with E-state index in [2.05, 4.69) is 6.92 Å². The maximum atomic E-state index is 12.9. The van der Waals surface area contributed by atoms with Gasteiger partial charge in [0.15, 0.2) is 0 Å². The minimum atomic E-state index is -5.69. The summed E-state index contributed by atoms with van der Waals surface area (Å²) < 4.78 is 77.7. The Morgan fingerprint density at radius 2 is 1.50 bits per heavy atom. The molecular formula is C15H18F6O. The van der Waals surface area contributed by atoms with Crippen LogP contribution in [-0.2, 0) is 0 Å². The number of aliphatic hydroxyl groups is 1. The Kier molecular flexibility index (Phi) is 2.38. The highest BCUT2D eigenvalue weighted by atomic mass is 19.4. The van der Waals surface area contributed by atoms with Crippen molar-refractivity contribution < 1.29 is 31.4 Å². The van der Waals surface area contributed by atoms with Crippen molar-refractivity contribution in [1.82, 2.24) is 0 Å². The molecule has 22 heavy (non-hydrogen) atoms. The molecule has 7 heteroatoms. The molecule has 0 aromatic rings. The predicted molar refractivity (Wildman–Crippen MR) is 64.6 cm³/mol. The van der Waals surface area contributed by atoms with E-state index < -0.39 is 30.3 Å². The molecule has 2 spiro atoms. The second-order valence-electron chi connectivity index (χ2n) is 8.11. The first-order chi connectivity index (χ1) is 9.83. The van der Waals surface area contributed by atoms with Crippen LogP contribution in [-0.4, -0.2) is 23.1 Å². The monoisotopic (exact) mass is 328 g/mol. The van der Waals surface area contributed by atoms with Gasteiger partial charge >= 0.3 is 12.4 Å². The van der Waals surface area contributed by atoms with Gasteiger partial charge < -0.3 is 5.11 Å². The summed E-state index contributed by atoms with van der Waals surface area (Å²) in [5.41, 5.74) is -4.98. The molecule has 126 valence electrons. The van der Waals surface area contributed by atoms with Crippen LogP contribution in [0.2, 0.25) is 0 Å². The summed E-state index contributed by atoms with van der Waals surface area (Å²) in [6.45, 7) is 4.00. The minimum Gasteiger partial charge on any atom is -0.374 e. The largest absolute Gasteiger partial charge is 0.426 e. The highest BCUT2D eigenvalue weighted by Gasteiger charge is 2.91. The Morgan fingerprint density at radius 1 is 0.955 bits per heavy atom. The Hall–Kier alpha value is -0.460. The van der Waals surface area contributed by atoms with E-state index in [0.717, 1.165) is 6.42 Å². The average Bonchev–Trinajstić information content (AvgIpc) is 2.98. The molecule has 2 bridgehead atoms. The molecule has 0 radical (unpaired) electrons. The first-order valence-corrected chi connectivity index (χ1v) is 7.69. The third-order valence-corrected chi connectivity index (χ3v) is 7.79. The number of halogens is 6. The van der Waals surface area contributed by atoms with Gasteiger partial charge in [-0.1, -0.05) is 13.8 Å². The molecule has 1 nitrogen and oxygen atoms in total. The topological polar surface area (TPSA) is 20.2 Å². The van der Waals surface area contributed by atoms with Gasteiger partial charge in [-0.2, -0.15) is 26.3 Å². The first-order valence-electron chi connectivity index (χ1n) is 7.69. The van der Waals surface area contributed by atoms with Crippen molar-refractivity contribution in [2.45, 2.75) is 51.1 Å². The molecule has 4 fully saturated rings. The van der Waals surface area contributed by atoms with Crippen LogP contribution < -0.4 is 0 Å². The maximum Gasteiger partial charge on any atom is 0.426 e. The van der Waals surface area contributed by atoms with Crippen molar-refractivity contribution in [2.75, 3.05) is 0 Å². The van der Waals surface area contributed by atoms with Crippen LogP contribution in [0.1, 0.15) is 33.1 Å². The summed E-state index contributed by atoms with van der Waals surface area (Å²) in [7, 11) is 0. The second kappa shape index (κ2) is 3.47. The quantitative estimate of drug-likeness (QED) is 0.755. The zero-order valence-electron chi connectivity index (χ0n) is 12.2. The molecule has 1 N–H and O–H groups in total. The molecule has 4 aliphatic rings. The highest BCUT2D eigenvalue weighted by Crippen LogP contribution is 2.95. The summed E-state index contributed by atoms with van der Waals surface area (Å²) in [5, 5.41) is 9.51. The molecule has 7 unspecified atom stereocenters. The van der Waals surface area contributed by atoms with E-state index in [-0.39, 0.29) is 22.7 Å². The van der Waals surface area contributed by atoms with Crippen molar-refractivity contribution >= 4 is 0 Å². The number of rotatable bonds is 2. The summed E-state index contributed by atoms with van der Waals surface area (Å²) in [5.74, 6) is 0.678. The summed E-state index contributed by atoms with van der Waals surface area (Å²) in [6, 6.07) is 0. The zero-order chi connectivity index (χ0) is 16.5. The number of fused-ring (bicyclic) bond motifs is 1. The number of hydrogen-bond acceptors (Lipinski definition) is 1. The lowest BCUT2D eigenvalue weighted by Gasteiger charge is -2.36. The van der Waals surface area contributed by atoms with Crippen LogP contribution in [0.5, 0.6) is 0 Å². The van der Waals surface area contributed by atoms with Crippen LogP contribution in [0.25, 0.3) is 0 Å². The van der Waals surface area contributed by atoms with Crippen molar-refractivity contribution in [2.24, 2.45) is 40.4 Å². The lowest BCUT2D eigenvalue weighted by molar-refractivity contribution is -0.373. The van der Waals surface area contributed by atoms with Crippen LogP contribution in [0.3, 0.4) is 0 Å². The van der Waals surface area contributed by atoms with Crippen LogP contribution >= 0.6 is 0 Å². The molecule has 0 aromatic heterocycles. The maximum absolute atomic E-state index is 12.9. The molecule has 0 amide bonds. The second-order valence-corrected chi connectivity index (χ2v) is 8.11. The number of alkyl halides is 6. The molecule has 0 aromatic carbocycles. The van der Waals surface area contributed by atoms with E-state index >= 15 is 0 Å². The van der Waals surface area contributed by atoms with E-state index in [1.54, 1.807) is 0 Å². The van der Waals surface area contributed by atoms with Gasteiger partial charge in [0.2, 0.25) is 0 Å². The zero-order valence-corrected chi connectivity index (χ0v) is 12.2. The van der Waals surface area contributed by atoms with Gasteiger partial charge in [-0.3, -0.25) is 0 Å². The SMILES string of the molecule is CC1C2C3C(C)C34CC12CC4CC(O)(C(F)(F)F)C(F)(F)F. The molecule has 7 atom stereocenters. The Bertz CT molecular complexity index is 525. The fourth-order valence-electron chi connectivity index (χ4n) is 6.71. The lowest BCUT2D eigenvalue weighted by Crippen LogP contribution is -2.58. The molecule has 0 aliphatic heterocycles. The van der Waals surface area contributed by atoms with Crippen molar-refractivity contribution in [3.05, 3.63) is 0 Å². The average molecular weight is 328 g/mol. The highest BCUT2D eigenvalue weighted by molar-refractivity contribution is 5.38. The minimum absolute atomic E-state index is 0.0278. The van der Waals surface area contributed by atoms with Crippen molar-refractivity contribution in [1.29, 1.82) is 0 Å². The van der Waals surface area contributed by atoms with Gasteiger partial charge in [-0.15, -0.1) is 0 Å². The van der Waals surface area contributed by atoms with Crippen LogP contribution in [0.15, 0.2) is 0 Å². The van der Waals surface area contributed by atoms with Gasteiger partial charge in [0.1, 0.15) is 0 Å². The van der Waals surface area contributed by atoms with Gasteiger partial charge in [-0.05, 0) is 59.7 Å². The fraction of sp³-hybridized carbons (Fsp3) is 1.00. The number of hydrogen-bond donors (Lipinski definition) is 1. The molecule has 4 saturated carbocycles. The first kappa shape index (κ1) is 15.1. The van der Waals surface area contributed by atoms with Crippen molar-refractivity contribution in [3.63, 3.8) is 0 Å². The predicted octanol–water partition coefficient (Wildman–Crippen LogP) is 4.16. The van der Waals surface area contributed by atoms with Crippen molar-refractivity contribution in [3.8, 4) is 0 Å². The molecule has 4 rings (SSSR count). The summed E-state index contributed by atoms with van der Waals surface area (Å²) in [6.07, 6.45) is -11.4. The summed E-state index contributed by atoms with van der Waals surface area (Å²) in [4.78, 5) is 0. The molecule has 0 heterocycles. The standard InChI is InChI=1S/C15H18F6O/c1-6-9-10-7(2)12(10)5-11(6,9)3-8(12)4-13(22,14(16,17)18)15(19,20)21/h6-10,22H,3-5H2,1-2H3. The Labute approximate surface area is 124 Å². The van der Waals surface area contributed by atoms with Crippen LogP contribution in [0, 0.1) is 40.4 Å². The molecule has 4 aliphatic carbocycles. The Morgan fingerprint density at radius 3 is 1.95 bits per heavy atom. The van der Waals surface area contributed by atoms with Gasteiger partial charge in [-0.25, -0.2) is 0 Å². The van der Waals surface area contributed by atoms with E-state index in [9.17, 15) is 31.4 Å². The van der Waals surface area contributed by atoms with Gasteiger partial charge in [0.05, 0.1) is 0 Å². The third kappa shape index (κ3) is 1.31. The van der Waals surface area contributed by atoms with Gasteiger partial charge in [0.25, 0.3) is 5.60 Å². The molecule has 0 saturated heterocycles. The van der Waals surface area contributed by atoms with E-state index in [1.165, 1.54) is 0 Å². The lowest BCUT2D eigenvalue weighted by atomic mass is 9.78. The Balaban J connectivity index is 1.65. The normalized spacial score (nSPS) is 52.5. The van der Waals surface area contributed by atoms with E-state index in [1.807, 2.05) is 6.92 Å².